The minimum Gasteiger partial charge on any atom is -0.354 e. The molecule has 5 rings (SSSR count). The second kappa shape index (κ2) is 7.72. The Morgan fingerprint density at radius 3 is 2.79 bits per heavy atom. The van der Waals surface area contributed by atoms with E-state index in [4.69, 9.17) is 4.98 Å². The quantitative estimate of drug-likeness (QED) is 0.680. The fourth-order valence-corrected chi connectivity index (χ4v) is 4.64. The Kier molecular flexibility index (Phi) is 4.93. The molecule has 0 bridgehead atoms. The molecule has 1 unspecified atom stereocenters. The molecule has 6 nitrogen and oxygen atoms in total. The number of likely N-dealkylation sites (tertiary alicyclic amines) is 1. The molecule has 2 aliphatic heterocycles. The van der Waals surface area contributed by atoms with E-state index in [1.807, 2.05) is 6.07 Å². The summed E-state index contributed by atoms with van der Waals surface area (Å²) in [6.45, 7) is 5.85. The number of hydrogen-bond donors (Lipinski definition) is 0. The predicted molar refractivity (Wildman–Crippen MR) is 111 cm³/mol. The number of hydrogen-bond acceptors (Lipinski definition) is 5. The zero-order valence-electron chi connectivity index (χ0n) is 16.8. The van der Waals surface area contributed by atoms with Crippen molar-refractivity contribution in [2.24, 2.45) is 0 Å². The third kappa shape index (κ3) is 3.60. The van der Waals surface area contributed by atoms with Crippen molar-refractivity contribution in [3.8, 4) is 0 Å². The maximum absolute atomic E-state index is 13.8. The van der Waals surface area contributed by atoms with E-state index in [0.717, 1.165) is 69.1 Å². The summed E-state index contributed by atoms with van der Waals surface area (Å²) in [6.07, 6.45) is 5.78. The van der Waals surface area contributed by atoms with Gasteiger partial charge in [-0.2, -0.15) is 0 Å². The smallest absolute Gasteiger partial charge is 0.138 e. The molecule has 0 spiro atoms. The number of imidazole rings is 1. The Morgan fingerprint density at radius 2 is 1.97 bits per heavy atom. The molecule has 1 atom stereocenters. The first-order valence-electron chi connectivity index (χ1n) is 10.4. The number of pyridine rings is 2. The van der Waals surface area contributed by atoms with Crippen molar-refractivity contribution in [2.75, 3.05) is 44.7 Å². The third-order valence-corrected chi connectivity index (χ3v) is 6.18. The molecule has 29 heavy (non-hydrogen) atoms. The van der Waals surface area contributed by atoms with E-state index in [2.05, 4.69) is 49.5 Å². The highest BCUT2D eigenvalue weighted by Crippen LogP contribution is 2.34. The Labute approximate surface area is 170 Å². The van der Waals surface area contributed by atoms with Crippen molar-refractivity contribution < 1.29 is 4.39 Å². The van der Waals surface area contributed by atoms with Crippen LogP contribution in [0.5, 0.6) is 0 Å². The third-order valence-electron chi connectivity index (χ3n) is 6.18. The van der Waals surface area contributed by atoms with Crippen LogP contribution in [-0.4, -0.2) is 63.9 Å². The van der Waals surface area contributed by atoms with Gasteiger partial charge in [0.25, 0.3) is 0 Å². The van der Waals surface area contributed by atoms with Crippen LogP contribution >= 0.6 is 0 Å². The van der Waals surface area contributed by atoms with E-state index in [1.165, 1.54) is 11.9 Å². The summed E-state index contributed by atoms with van der Waals surface area (Å²) in [6, 6.07) is 9.31. The maximum atomic E-state index is 13.8. The Balaban J connectivity index is 1.47. The van der Waals surface area contributed by atoms with Crippen molar-refractivity contribution in [1.82, 2.24) is 24.2 Å². The molecule has 5 heterocycles. The van der Waals surface area contributed by atoms with Crippen molar-refractivity contribution >= 4 is 11.5 Å². The maximum Gasteiger partial charge on any atom is 0.138 e. The van der Waals surface area contributed by atoms with Gasteiger partial charge in [-0.3, -0.25) is 14.3 Å². The molecule has 0 amide bonds. The lowest BCUT2D eigenvalue weighted by molar-refractivity contribution is 0.241. The molecule has 152 valence electrons. The zero-order chi connectivity index (χ0) is 19.8. The van der Waals surface area contributed by atoms with E-state index in [1.54, 1.807) is 12.3 Å². The lowest BCUT2D eigenvalue weighted by Crippen LogP contribution is -2.45. The van der Waals surface area contributed by atoms with Gasteiger partial charge in [0, 0.05) is 45.1 Å². The SMILES string of the molecule is CN1CCN(c2c(CN3CCCC3c3cc(F)ccn3)nc3ccccn23)CC1. The van der Waals surface area contributed by atoms with Crippen molar-refractivity contribution in [2.45, 2.75) is 25.4 Å². The first kappa shape index (κ1) is 18.5. The van der Waals surface area contributed by atoms with Crippen LogP contribution in [-0.2, 0) is 6.54 Å². The minimum atomic E-state index is -0.215. The van der Waals surface area contributed by atoms with Gasteiger partial charge < -0.3 is 9.80 Å². The summed E-state index contributed by atoms with van der Waals surface area (Å²) in [5.74, 6) is 0.985. The molecule has 0 saturated carbocycles. The van der Waals surface area contributed by atoms with Gasteiger partial charge in [-0.25, -0.2) is 9.37 Å². The van der Waals surface area contributed by atoms with E-state index in [-0.39, 0.29) is 11.9 Å². The van der Waals surface area contributed by atoms with Crippen LogP contribution in [0.15, 0.2) is 42.7 Å². The number of aromatic nitrogens is 3. The van der Waals surface area contributed by atoms with Gasteiger partial charge in [0.2, 0.25) is 0 Å². The van der Waals surface area contributed by atoms with Crippen molar-refractivity contribution in [1.29, 1.82) is 0 Å². The topological polar surface area (TPSA) is 39.9 Å². The van der Waals surface area contributed by atoms with Crippen LogP contribution in [0.3, 0.4) is 0 Å². The number of anilines is 1. The van der Waals surface area contributed by atoms with Gasteiger partial charge in [-0.1, -0.05) is 6.07 Å². The highest BCUT2D eigenvalue weighted by molar-refractivity contribution is 5.57. The monoisotopic (exact) mass is 394 g/mol. The number of fused-ring (bicyclic) bond motifs is 1. The minimum absolute atomic E-state index is 0.149. The summed E-state index contributed by atoms with van der Waals surface area (Å²) in [7, 11) is 2.17. The Morgan fingerprint density at radius 1 is 1.10 bits per heavy atom. The van der Waals surface area contributed by atoms with Crippen molar-refractivity contribution in [3.63, 3.8) is 0 Å². The predicted octanol–water partition coefficient (Wildman–Crippen LogP) is 2.96. The highest BCUT2D eigenvalue weighted by atomic mass is 19.1. The number of likely N-dealkylation sites (N-methyl/N-ethyl adjacent to an activating group) is 1. The summed E-state index contributed by atoms with van der Waals surface area (Å²) in [4.78, 5) is 16.7. The van der Waals surface area contributed by atoms with E-state index in [0.29, 0.717) is 0 Å². The van der Waals surface area contributed by atoms with Crippen LogP contribution in [0.4, 0.5) is 10.2 Å². The van der Waals surface area contributed by atoms with Crippen LogP contribution in [0.1, 0.15) is 30.3 Å². The lowest BCUT2D eigenvalue weighted by Gasteiger charge is -2.34. The zero-order valence-corrected chi connectivity index (χ0v) is 16.8. The molecule has 0 N–H and O–H groups in total. The normalized spacial score (nSPS) is 21.3. The van der Waals surface area contributed by atoms with E-state index < -0.39 is 0 Å². The van der Waals surface area contributed by atoms with Gasteiger partial charge in [0.1, 0.15) is 17.3 Å². The van der Waals surface area contributed by atoms with Crippen LogP contribution < -0.4 is 4.90 Å². The summed E-state index contributed by atoms with van der Waals surface area (Å²) < 4.78 is 16.0. The summed E-state index contributed by atoms with van der Waals surface area (Å²) >= 11 is 0. The molecule has 2 saturated heterocycles. The number of nitrogens with zero attached hydrogens (tertiary/aromatic N) is 6. The summed E-state index contributed by atoms with van der Waals surface area (Å²) in [5, 5.41) is 0. The first-order valence-corrected chi connectivity index (χ1v) is 10.4. The largest absolute Gasteiger partial charge is 0.354 e. The molecule has 0 aromatic carbocycles. The fourth-order valence-electron chi connectivity index (χ4n) is 4.64. The second-order valence-corrected chi connectivity index (χ2v) is 8.13. The molecule has 7 heteroatoms. The van der Waals surface area contributed by atoms with E-state index >= 15 is 0 Å². The Hall–Kier alpha value is -2.51. The van der Waals surface area contributed by atoms with Crippen LogP contribution in [0.2, 0.25) is 0 Å². The molecule has 3 aromatic rings. The molecule has 2 aliphatic rings. The van der Waals surface area contributed by atoms with Gasteiger partial charge in [-0.05, 0) is 50.7 Å². The average molecular weight is 394 g/mol. The number of halogens is 1. The molecule has 3 aromatic heterocycles. The Bertz CT molecular complexity index is 994. The number of piperazine rings is 1. The molecule has 0 aliphatic carbocycles. The molecular weight excluding hydrogens is 367 g/mol. The van der Waals surface area contributed by atoms with Crippen LogP contribution in [0, 0.1) is 5.82 Å². The average Bonchev–Trinajstić information content (AvgIpc) is 3.33. The van der Waals surface area contributed by atoms with Crippen molar-refractivity contribution in [3.05, 3.63) is 59.9 Å². The van der Waals surface area contributed by atoms with Crippen LogP contribution in [0.25, 0.3) is 5.65 Å². The fraction of sp³-hybridized carbons (Fsp3) is 0.455. The van der Waals surface area contributed by atoms with Gasteiger partial charge in [0.15, 0.2) is 0 Å². The number of rotatable bonds is 4. The second-order valence-electron chi connectivity index (χ2n) is 8.13. The van der Waals surface area contributed by atoms with Gasteiger partial charge >= 0.3 is 0 Å². The lowest BCUT2D eigenvalue weighted by atomic mass is 10.1. The standard InChI is InChI=1S/C22H27FN6/c1-26-11-13-27(14-12-26)22-19(25-21-6-2-3-10-29(21)22)16-28-9-4-5-20(28)18-15-17(23)7-8-24-18/h2-3,6-8,10,15,20H,4-5,9,11-14,16H2,1H3. The van der Waals surface area contributed by atoms with E-state index in [9.17, 15) is 4.39 Å². The molecule has 2 fully saturated rings. The van der Waals surface area contributed by atoms with Gasteiger partial charge in [-0.15, -0.1) is 0 Å². The summed E-state index contributed by atoms with van der Waals surface area (Å²) in [5.41, 5.74) is 2.91. The first-order chi connectivity index (χ1) is 14.2. The highest BCUT2D eigenvalue weighted by Gasteiger charge is 2.30. The molecule has 0 radical (unpaired) electrons. The van der Waals surface area contributed by atoms with Gasteiger partial charge in [0.05, 0.1) is 17.4 Å². The molecular formula is C22H27FN6.